The van der Waals surface area contributed by atoms with Gasteiger partial charge < -0.3 is 10.2 Å². The van der Waals surface area contributed by atoms with Gasteiger partial charge in [-0.05, 0) is 25.8 Å². The molecule has 2 N–H and O–H groups in total. The molecule has 1 rings (SSSR count). The molecular weight excluding hydrogens is 244 g/mol. The molecule has 108 valence electrons. The van der Waals surface area contributed by atoms with Crippen LogP contribution < -0.4 is 5.32 Å². The number of amides is 1. The molecule has 0 spiro atoms. The van der Waals surface area contributed by atoms with E-state index in [-0.39, 0.29) is 18.0 Å². The number of hydrogen-bond acceptors (Lipinski definition) is 5. The first kappa shape index (κ1) is 15.6. The highest BCUT2D eigenvalue weighted by molar-refractivity contribution is 5.82. The van der Waals surface area contributed by atoms with Gasteiger partial charge in [-0.25, -0.2) is 0 Å². The molecule has 0 aliphatic carbocycles. The van der Waals surface area contributed by atoms with E-state index in [1.807, 2.05) is 13.8 Å². The molecule has 1 aromatic rings. The van der Waals surface area contributed by atoms with Gasteiger partial charge in [0.15, 0.2) is 5.82 Å². The number of nitrogens with zero attached hydrogens (tertiary/aromatic N) is 4. The number of aromatic amines is 1. The SMILES string of the molecule is CCNC(CC(C)C)C(=O)N(C)C(C)c1nn[nH]n1. The van der Waals surface area contributed by atoms with E-state index in [9.17, 15) is 4.79 Å². The lowest BCUT2D eigenvalue weighted by Crippen LogP contribution is -2.46. The Morgan fingerprint density at radius 3 is 2.58 bits per heavy atom. The lowest BCUT2D eigenvalue weighted by molar-refractivity contribution is -0.134. The largest absolute Gasteiger partial charge is 0.334 e. The smallest absolute Gasteiger partial charge is 0.240 e. The molecule has 0 aromatic carbocycles. The third-order valence-corrected chi connectivity index (χ3v) is 3.12. The number of tetrazole rings is 1. The molecule has 1 heterocycles. The van der Waals surface area contributed by atoms with E-state index < -0.39 is 0 Å². The van der Waals surface area contributed by atoms with Crippen LogP contribution >= 0.6 is 0 Å². The first-order valence-corrected chi connectivity index (χ1v) is 6.70. The van der Waals surface area contributed by atoms with E-state index in [1.165, 1.54) is 0 Å². The lowest BCUT2D eigenvalue weighted by atomic mass is 10.0. The Morgan fingerprint density at radius 1 is 1.42 bits per heavy atom. The highest BCUT2D eigenvalue weighted by Crippen LogP contribution is 2.16. The monoisotopic (exact) mass is 268 g/mol. The molecule has 2 unspecified atom stereocenters. The molecule has 1 amide bonds. The highest BCUT2D eigenvalue weighted by Gasteiger charge is 2.27. The van der Waals surface area contributed by atoms with Crippen LogP contribution in [0.5, 0.6) is 0 Å². The van der Waals surface area contributed by atoms with Crippen molar-refractivity contribution < 1.29 is 4.79 Å². The zero-order valence-corrected chi connectivity index (χ0v) is 12.3. The number of rotatable bonds is 7. The molecule has 0 saturated heterocycles. The van der Waals surface area contributed by atoms with Crippen LogP contribution in [0.2, 0.25) is 0 Å². The summed E-state index contributed by atoms with van der Waals surface area (Å²) in [5.41, 5.74) is 0. The van der Waals surface area contributed by atoms with Crippen LogP contribution in [0, 0.1) is 5.92 Å². The zero-order valence-electron chi connectivity index (χ0n) is 12.3. The standard InChI is InChI=1S/C12H24N6O/c1-6-13-10(7-8(2)3)12(19)18(5)9(4)11-14-16-17-15-11/h8-10,13H,6-7H2,1-5H3,(H,14,15,16,17). The summed E-state index contributed by atoms with van der Waals surface area (Å²) in [6.07, 6.45) is 0.815. The van der Waals surface area contributed by atoms with E-state index in [4.69, 9.17) is 0 Å². The Morgan fingerprint density at radius 2 is 2.11 bits per heavy atom. The summed E-state index contributed by atoms with van der Waals surface area (Å²) in [7, 11) is 1.77. The molecule has 19 heavy (non-hydrogen) atoms. The van der Waals surface area contributed by atoms with E-state index >= 15 is 0 Å². The van der Waals surface area contributed by atoms with E-state index in [0.717, 1.165) is 13.0 Å². The van der Waals surface area contributed by atoms with Gasteiger partial charge in [0.05, 0.1) is 12.1 Å². The van der Waals surface area contributed by atoms with E-state index in [1.54, 1.807) is 11.9 Å². The Kier molecular flexibility index (Phi) is 5.88. The van der Waals surface area contributed by atoms with E-state index in [0.29, 0.717) is 11.7 Å². The predicted molar refractivity (Wildman–Crippen MR) is 72.3 cm³/mol. The van der Waals surface area contributed by atoms with Gasteiger partial charge in [-0.3, -0.25) is 4.79 Å². The van der Waals surface area contributed by atoms with Crippen LogP contribution in [-0.4, -0.2) is 51.1 Å². The van der Waals surface area contributed by atoms with Crippen molar-refractivity contribution in [3.05, 3.63) is 5.82 Å². The number of likely N-dealkylation sites (N-methyl/N-ethyl adjacent to an activating group) is 2. The number of hydrogen-bond donors (Lipinski definition) is 2. The van der Waals surface area contributed by atoms with Crippen molar-refractivity contribution >= 4 is 5.91 Å². The summed E-state index contributed by atoms with van der Waals surface area (Å²) in [6, 6.07) is -0.357. The second kappa shape index (κ2) is 7.18. The Balaban J connectivity index is 2.72. The zero-order chi connectivity index (χ0) is 14.4. The lowest BCUT2D eigenvalue weighted by Gasteiger charge is -2.28. The third kappa shape index (κ3) is 4.27. The van der Waals surface area contributed by atoms with Gasteiger partial charge in [0.25, 0.3) is 0 Å². The van der Waals surface area contributed by atoms with Crippen LogP contribution in [0.4, 0.5) is 0 Å². The molecule has 7 heteroatoms. The highest BCUT2D eigenvalue weighted by atomic mass is 16.2. The average Bonchev–Trinajstić information content (AvgIpc) is 2.89. The van der Waals surface area contributed by atoms with Gasteiger partial charge in [-0.15, -0.1) is 10.2 Å². The topological polar surface area (TPSA) is 86.8 Å². The first-order chi connectivity index (χ1) is 8.97. The maximum absolute atomic E-state index is 12.5. The van der Waals surface area contributed by atoms with E-state index in [2.05, 4.69) is 39.8 Å². The summed E-state index contributed by atoms with van der Waals surface area (Å²) in [5.74, 6) is 1.05. The van der Waals surface area contributed by atoms with Crippen molar-refractivity contribution in [2.75, 3.05) is 13.6 Å². The van der Waals surface area contributed by atoms with Gasteiger partial charge in [0, 0.05) is 7.05 Å². The summed E-state index contributed by atoms with van der Waals surface area (Å²) in [5, 5.41) is 17.0. The number of H-pyrrole nitrogens is 1. The minimum Gasteiger partial charge on any atom is -0.334 e. The normalized spacial score (nSPS) is 14.4. The van der Waals surface area contributed by atoms with Gasteiger partial charge in [-0.2, -0.15) is 5.21 Å². The molecule has 1 aromatic heterocycles. The summed E-state index contributed by atoms with van der Waals surface area (Å²) in [4.78, 5) is 14.1. The second-order valence-electron chi connectivity index (χ2n) is 5.13. The van der Waals surface area contributed by atoms with Crippen molar-refractivity contribution in [1.29, 1.82) is 0 Å². The maximum Gasteiger partial charge on any atom is 0.240 e. The van der Waals surface area contributed by atoms with Crippen LogP contribution in [-0.2, 0) is 4.79 Å². The number of carbonyl (C=O) groups is 1. The number of aromatic nitrogens is 4. The fraction of sp³-hybridized carbons (Fsp3) is 0.833. The molecule has 0 aliphatic rings. The fourth-order valence-corrected chi connectivity index (χ4v) is 1.95. The minimum atomic E-state index is -0.195. The minimum absolute atomic E-state index is 0.0628. The van der Waals surface area contributed by atoms with Crippen molar-refractivity contribution in [2.45, 2.75) is 46.2 Å². The number of nitrogens with one attached hydrogen (secondary N) is 2. The van der Waals surface area contributed by atoms with Crippen LogP contribution in [0.3, 0.4) is 0 Å². The molecule has 0 saturated carbocycles. The Hall–Kier alpha value is -1.50. The predicted octanol–water partition coefficient (Wildman–Crippen LogP) is 0.743. The molecular formula is C12H24N6O. The quantitative estimate of drug-likeness (QED) is 0.762. The molecule has 2 atom stereocenters. The van der Waals surface area contributed by atoms with Crippen molar-refractivity contribution in [2.24, 2.45) is 5.92 Å². The first-order valence-electron chi connectivity index (χ1n) is 6.70. The molecule has 7 nitrogen and oxygen atoms in total. The van der Waals surface area contributed by atoms with Gasteiger partial charge in [-0.1, -0.05) is 26.0 Å². The second-order valence-corrected chi connectivity index (χ2v) is 5.13. The van der Waals surface area contributed by atoms with Gasteiger partial charge in [0.1, 0.15) is 0 Å². The summed E-state index contributed by atoms with van der Waals surface area (Å²) >= 11 is 0. The molecule has 0 fully saturated rings. The Labute approximate surface area is 114 Å². The van der Waals surface area contributed by atoms with Crippen molar-refractivity contribution in [1.82, 2.24) is 30.8 Å². The van der Waals surface area contributed by atoms with Gasteiger partial charge >= 0.3 is 0 Å². The fourth-order valence-electron chi connectivity index (χ4n) is 1.95. The molecule has 0 aliphatic heterocycles. The summed E-state index contributed by atoms with van der Waals surface area (Å²) < 4.78 is 0. The number of carbonyl (C=O) groups excluding carboxylic acids is 1. The van der Waals surface area contributed by atoms with Crippen molar-refractivity contribution in [3.8, 4) is 0 Å². The van der Waals surface area contributed by atoms with Crippen molar-refractivity contribution in [3.63, 3.8) is 0 Å². The van der Waals surface area contributed by atoms with Crippen LogP contribution in [0.15, 0.2) is 0 Å². The van der Waals surface area contributed by atoms with Crippen LogP contribution in [0.25, 0.3) is 0 Å². The average molecular weight is 268 g/mol. The molecule has 0 radical (unpaired) electrons. The van der Waals surface area contributed by atoms with Crippen LogP contribution in [0.1, 0.15) is 46.0 Å². The van der Waals surface area contributed by atoms with Gasteiger partial charge in [0.2, 0.25) is 5.91 Å². The third-order valence-electron chi connectivity index (χ3n) is 3.12. The molecule has 0 bridgehead atoms. The Bertz CT molecular complexity index is 378. The maximum atomic E-state index is 12.5. The summed E-state index contributed by atoms with van der Waals surface area (Å²) in [6.45, 7) is 8.89.